The van der Waals surface area contributed by atoms with Crippen molar-refractivity contribution in [1.29, 1.82) is 0 Å². The van der Waals surface area contributed by atoms with E-state index >= 15 is 0 Å². The van der Waals surface area contributed by atoms with Gasteiger partial charge < -0.3 is 0 Å². The highest BCUT2D eigenvalue weighted by Crippen LogP contribution is 2.25. The van der Waals surface area contributed by atoms with Gasteiger partial charge in [-0.3, -0.25) is 4.31 Å². The van der Waals surface area contributed by atoms with Crippen molar-refractivity contribution in [3.8, 4) is 0 Å². The normalized spacial score (nSPS) is 11.3. The highest BCUT2D eigenvalue weighted by Gasteiger charge is 2.21. The second-order valence-electron chi connectivity index (χ2n) is 3.91. The van der Waals surface area contributed by atoms with Crippen LogP contribution in [-0.2, 0) is 10.0 Å². The summed E-state index contributed by atoms with van der Waals surface area (Å²) in [5.74, 6) is 0. The fraction of sp³-hybridized carbons (Fsp3) is 0.0769. The van der Waals surface area contributed by atoms with Crippen molar-refractivity contribution in [3.63, 3.8) is 0 Å². The molecule has 0 aliphatic rings. The number of anilines is 1. The molecule has 0 saturated carbocycles. The van der Waals surface area contributed by atoms with Crippen molar-refractivity contribution < 1.29 is 8.42 Å². The molecule has 0 N–H and O–H groups in total. The average molecular weight is 405 g/mol. The van der Waals surface area contributed by atoms with E-state index < -0.39 is 10.0 Å². The lowest BCUT2D eigenvalue weighted by molar-refractivity contribution is 0.594. The van der Waals surface area contributed by atoms with Crippen LogP contribution in [0.25, 0.3) is 0 Å². The van der Waals surface area contributed by atoms with Gasteiger partial charge in [0.05, 0.1) is 10.6 Å². The molecule has 0 radical (unpaired) electrons. The molecule has 19 heavy (non-hydrogen) atoms. The van der Waals surface area contributed by atoms with E-state index in [9.17, 15) is 8.42 Å². The molecule has 0 bridgehead atoms. The number of sulfonamides is 1. The Balaban J connectivity index is 2.42. The number of benzene rings is 2. The Morgan fingerprint density at radius 3 is 2.16 bits per heavy atom. The number of rotatable bonds is 3. The van der Waals surface area contributed by atoms with E-state index in [1.54, 1.807) is 49.5 Å². The van der Waals surface area contributed by atoms with Crippen LogP contribution in [0.1, 0.15) is 0 Å². The fourth-order valence-corrected chi connectivity index (χ4v) is 3.41. The van der Waals surface area contributed by atoms with Gasteiger partial charge in [-0.1, -0.05) is 37.9 Å². The van der Waals surface area contributed by atoms with E-state index in [1.165, 1.54) is 4.31 Å². The summed E-state index contributed by atoms with van der Waals surface area (Å²) >= 11 is 6.62. The van der Waals surface area contributed by atoms with Crippen molar-refractivity contribution in [2.45, 2.75) is 4.90 Å². The zero-order valence-corrected chi connectivity index (χ0v) is 14.0. The zero-order valence-electron chi connectivity index (χ0n) is 10.0. The minimum absolute atomic E-state index is 0.262. The summed E-state index contributed by atoms with van der Waals surface area (Å²) in [6.07, 6.45) is 0. The molecule has 0 unspecified atom stereocenters. The van der Waals surface area contributed by atoms with Gasteiger partial charge in [0.15, 0.2) is 0 Å². The van der Waals surface area contributed by atoms with Gasteiger partial charge in [-0.15, -0.1) is 0 Å². The van der Waals surface area contributed by atoms with Crippen molar-refractivity contribution in [1.82, 2.24) is 0 Å². The third-order valence-electron chi connectivity index (χ3n) is 2.64. The van der Waals surface area contributed by atoms with E-state index in [2.05, 4.69) is 31.9 Å². The molecule has 0 heterocycles. The molecule has 0 atom stereocenters. The lowest BCUT2D eigenvalue weighted by atomic mass is 10.3. The first-order valence-electron chi connectivity index (χ1n) is 5.41. The molecular formula is C13H11Br2NO2S. The Morgan fingerprint density at radius 2 is 1.58 bits per heavy atom. The Labute approximate surface area is 129 Å². The first kappa shape index (κ1) is 14.6. The zero-order chi connectivity index (χ0) is 14.0. The van der Waals surface area contributed by atoms with E-state index in [-0.39, 0.29) is 4.90 Å². The minimum Gasteiger partial charge on any atom is -0.269 e. The van der Waals surface area contributed by atoms with Crippen LogP contribution in [0.2, 0.25) is 0 Å². The maximum absolute atomic E-state index is 12.5. The molecule has 0 amide bonds. The van der Waals surface area contributed by atoms with Crippen LogP contribution in [0.3, 0.4) is 0 Å². The molecule has 2 rings (SSSR count). The van der Waals surface area contributed by atoms with Gasteiger partial charge in [-0.05, 0) is 42.5 Å². The summed E-state index contributed by atoms with van der Waals surface area (Å²) in [6.45, 7) is 0. The molecule has 3 nitrogen and oxygen atoms in total. The van der Waals surface area contributed by atoms with Gasteiger partial charge in [0.25, 0.3) is 10.0 Å². The molecule has 2 aromatic rings. The van der Waals surface area contributed by atoms with Crippen LogP contribution < -0.4 is 4.31 Å². The monoisotopic (exact) mass is 403 g/mol. The topological polar surface area (TPSA) is 37.4 Å². The van der Waals surface area contributed by atoms with Crippen molar-refractivity contribution >= 4 is 47.6 Å². The molecular weight excluding hydrogens is 394 g/mol. The lowest BCUT2D eigenvalue weighted by Crippen LogP contribution is -2.26. The summed E-state index contributed by atoms with van der Waals surface area (Å²) < 4.78 is 27.8. The molecule has 0 fully saturated rings. The Kier molecular flexibility index (Phi) is 4.32. The number of halogens is 2. The van der Waals surface area contributed by atoms with Crippen LogP contribution >= 0.6 is 31.9 Å². The SMILES string of the molecule is CN(c1cccc(Br)c1)S(=O)(=O)c1ccc(Br)cc1. The summed E-state index contributed by atoms with van der Waals surface area (Å²) in [6, 6.07) is 13.7. The molecule has 0 spiro atoms. The van der Waals surface area contributed by atoms with Crippen LogP contribution in [0.5, 0.6) is 0 Å². The Hall–Kier alpha value is -0.850. The Bertz CT molecular complexity index is 684. The van der Waals surface area contributed by atoms with Crippen LogP contribution in [-0.4, -0.2) is 15.5 Å². The number of hydrogen-bond donors (Lipinski definition) is 0. The lowest BCUT2D eigenvalue weighted by Gasteiger charge is -2.19. The summed E-state index contributed by atoms with van der Waals surface area (Å²) in [4.78, 5) is 0.262. The minimum atomic E-state index is -3.53. The van der Waals surface area contributed by atoms with E-state index in [4.69, 9.17) is 0 Å². The first-order chi connectivity index (χ1) is 8.91. The summed E-state index contributed by atoms with van der Waals surface area (Å²) in [7, 11) is -1.99. The van der Waals surface area contributed by atoms with E-state index in [0.717, 1.165) is 8.95 Å². The molecule has 2 aromatic carbocycles. The molecule has 100 valence electrons. The maximum atomic E-state index is 12.5. The molecule has 0 aliphatic carbocycles. The summed E-state index contributed by atoms with van der Waals surface area (Å²) in [5, 5.41) is 0. The largest absolute Gasteiger partial charge is 0.269 e. The average Bonchev–Trinajstić information content (AvgIpc) is 2.38. The highest BCUT2D eigenvalue weighted by molar-refractivity contribution is 9.10. The maximum Gasteiger partial charge on any atom is 0.264 e. The molecule has 0 aliphatic heterocycles. The first-order valence-corrected chi connectivity index (χ1v) is 8.44. The van der Waals surface area contributed by atoms with Gasteiger partial charge in [-0.25, -0.2) is 8.42 Å². The number of hydrogen-bond acceptors (Lipinski definition) is 2. The third-order valence-corrected chi connectivity index (χ3v) is 5.47. The smallest absolute Gasteiger partial charge is 0.264 e. The fourth-order valence-electron chi connectivity index (χ4n) is 1.58. The van der Waals surface area contributed by atoms with Crippen LogP contribution in [0.4, 0.5) is 5.69 Å². The molecule has 0 saturated heterocycles. The van der Waals surface area contributed by atoms with Crippen molar-refractivity contribution in [2.24, 2.45) is 0 Å². The number of nitrogens with zero attached hydrogens (tertiary/aromatic N) is 1. The van der Waals surface area contributed by atoms with Crippen LogP contribution in [0.15, 0.2) is 62.4 Å². The second kappa shape index (κ2) is 5.64. The van der Waals surface area contributed by atoms with Gasteiger partial charge in [-0.2, -0.15) is 0 Å². The van der Waals surface area contributed by atoms with Gasteiger partial charge >= 0.3 is 0 Å². The summed E-state index contributed by atoms with van der Waals surface area (Å²) in [5.41, 5.74) is 0.609. The van der Waals surface area contributed by atoms with Gasteiger partial charge in [0, 0.05) is 16.0 Å². The highest BCUT2D eigenvalue weighted by atomic mass is 79.9. The molecule has 6 heteroatoms. The van der Waals surface area contributed by atoms with Gasteiger partial charge in [0.1, 0.15) is 0 Å². The van der Waals surface area contributed by atoms with E-state index in [1.807, 2.05) is 6.07 Å². The molecule has 0 aromatic heterocycles. The predicted molar refractivity (Wildman–Crippen MR) is 83.9 cm³/mol. The van der Waals surface area contributed by atoms with Crippen molar-refractivity contribution in [3.05, 3.63) is 57.5 Å². The van der Waals surface area contributed by atoms with Gasteiger partial charge in [0.2, 0.25) is 0 Å². The Morgan fingerprint density at radius 1 is 0.947 bits per heavy atom. The predicted octanol–water partition coefficient (Wildman–Crippen LogP) is 4.04. The van der Waals surface area contributed by atoms with Crippen molar-refractivity contribution in [2.75, 3.05) is 11.4 Å². The van der Waals surface area contributed by atoms with Crippen LogP contribution in [0, 0.1) is 0 Å². The standard InChI is InChI=1S/C13H11Br2NO2S/c1-16(12-4-2-3-11(15)9-12)19(17,18)13-7-5-10(14)6-8-13/h2-9H,1H3. The second-order valence-corrected chi connectivity index (χ2v) is 7.71. The quantitative estimate of drug-likeness (QED) is 0.774. The van der Waals surface area contributed by atoms with E-state index in [0.29, 0.717) is 5.69 Å². The third kappa shape index (κ3) is 3.19.